The highest BCUT2D eigenvalue weighted by Crippen LogP contribution is 2.29. The van der Waals surface area contributed by atoms with Crippen molar-refractivity contribution >= 4 is 6.29 Å². The number of aryl methyl sites for hydroxylation is 1. The number of aldehydes is 1. The van der Waals surface area contributed by atoms with E-state index in [9.17, 15) is 4.79 Å². The van der Waals surface area contributed by atoms with Crippen LogP contribution in [0.25, 0.3) is 0 Å². The lowest BCUT2D eigenvalue weighted by atomic mass is 9.94. The Kier molecular flexibility index (Phi) is 3.18. The Labute approximate surface area is 113 Å². The SMILES string of the molecule is Cc1ccc(Cc2cccc3c2C(C=O)NC3)cc1. The summed E-state index contributed by atoms with van der Waals surface area (Å²) < 4.78 is 0. The monoisotopic (exact) mass is 251 g/mol. The van der Waals surface area contributed by atoms with Gasteiger partial charge in [-0.15, -0.1) is 0 Å². The summed E-state index contributed by atoms with van der Waals surface area (Å²) in [5.41, 5.74) is 6.24. The summed E-state index contributed by atoms with van der Waals surface area (Å²) in [6, 6.07) is 14.8. The van der Waals surface area contributed by atoms with Gasteiger partial charge in [0.25, 0.3) is 0 Å². The fourth-order valence-corrected chi connectivity index (χ4v) is 2.74. The summed E-state index contributed by atoms with van der Waals surface area (Å²) in [4.78, 5) is 11.2. The van der Waals surface area contributed by atoms with Gasteiger partial charge in [0.2, 0.25) is 0 Å². The molecule has 2 heteroatoms. The van der Waals surface area contributed by atoms with Crippen LogP contribution in [0, 0.1) is 6.92 Å². The predicted octanol–water partition coefficient (Wildman–Crippen LogP) is 2.93. The van der Waals surface area contributed by atoms with Crippen molar-refractivity contribution in [2.45, 2.75) is 25.9 Å². The number of carbonyl (C=O) groups excluding carboxylic acids is 1. The zero-order valence-electron chi connectivity index (χ0n) is 11.0. The molecule has 1 atom stereocenters. The molecular formula is C17H17NO. The fourth-order valence-electron chi connectivity index (χ4n) is 2.74. The molecule has 0 bridgehead atoms. The van der Waals surface area contributed by atoms with E-state index in [1.165, 1.54) is 27.8 Å². The van der Waals surface area contributed by atoms with E-state index in [2.05, 4.69) is 54.7 Å². The Morgan fingerprint density at radius 3 is 2.74 bits per heavy atom. The summed E-state index contributed by atoms with van der Waals surface area (Å²) in [6.45, 7) is 2.89. The van der Waals surface area contributed by atoms with E-state index < -0.39 is 0 Å². The molecule has 2 aromatic rings. The third-order valence-electron chi connectivity index (χ3n) is 3.76. The molecule has 1 aliphatic rings. The normalized spacial score (nSPS) is 17.2. The molecule has 96 valence electrons. The molecule has 0 fully saturated rings. The van der Waals surface area contributed by atoms with Gasteiger partial charge in [0, 0.05) is 6.54 Å². The lowest BCUT2D eigenvalue weighted by Gasteiger charge is -2.11. The van der Waals surface area contributed by atoms with Crippen molar-refractivity contribution in [3.63, 3.8) is 0 Å². The second kappa shape index (κ2) is 4.98. The first-order chi connectivity index (χ1) is 9.28. The van der Waals surface area contributed by atoms with Crippen LogP contribution in [0.1, 0.15) is 33.9 Å². The average molecular weight is 251 g/mol. The summed E-state index contributed by atoms with van der Waals surface area (Å²) >= 11 is 0. The highest BCUT2D eigenvalue weighted by Gasteiger charge is 2.23. The van der Waals surface area contributed by atoms with Crippen LogP contribution in [0.3, 0.4) is 0 Å². The molecule has 0 saturated heterocycles. The molecule has 1 aliphatic heterocycles. The summed E-state index contributed by atoms with van der Waals surface area (Å²) in [5, 5.41) is 3.24. The second-order valence-corrected chi connectivity index (χ2v) is 5.15. The van der Waals surface area contributed by atoms with Gasteiger partial charge in [-0.2, -0.15) is 0 Å². The molecule has 2 aromatic carbocycles. The molecule has 0 amide bonds. The zero-order chi connectivity index (χ0) is 13.2. The van der Waals surface area contributed by atoms with E-state index in [0.29, 0.717) is 0 Å². The number of benzene rings is 2. The maximum atomic E-state index is 11.2. The summed E-state index contributed by atoms with van der Waals surface area (Å²) in [5.74, 6) is 0. The maximum Gasteiger partial charge on any atom is 0.141 e. The minimum Gasteiger partial charge on any atom is -0.301 e. The predicted molar refractivity (Wildman–Crippen MR) is 76.1 cm³/mol. The highest BCUT2D eigenvalue weighted by molar-refractivity contribution is 5.66. The summed E-state index contributed by atoms with van der Waals surface area (Å²) in [7, 11) is 0. The molecule has 3 rings (SSSR count). The number of fused-ring (bicyclic) bond motifs is 1. The highest BCUT2D eigenvalue weighted by atomic mass is 16.1. The van der Waals surface area contributed by atoms with Gasteiger partial charge in [-0.05, 0) is 35.6 Å². The van der Waals surface area contributed by atoms with Crippen molar-refractivity contribution in [2.24, 2.45) is 0 Å². The van der Waals surface area contributed by atoms with E-state index in [4.69, 9.17) is 0 Å². The van der Waals surface area contributed by atoms with Crippen molar-refractivity contribution in [3.8, 4) is 0 Å². The van der Waals surface area contributed by atoms with Crippen molar-refractivity contribution in [3.05, 3.63) is 70.3 Å². The standard InChI is InChI=1S/C17H17NO/c1-12-5-7-13(8-6-12)9-14-3-2-4-15-10-18-16(11-19)17(14)15/h2-8,11,16,18H,9-10H2,1H3. The average Bonchev–Trinajstić information content (AvgIpc) is 2.85. The zero-order valence-corrected chi connectivity index (χ0v) is 11.0. The van der Waals surface area contributed by atoms with Crippen molar-refractivity contribution < 1.29 is 4.79 Å². The van der Waals surface area contributed by atoms with Crippen molar-refractivity contribution in [1.82, 2.24) is 5.32 Å². The first-order valence-corrected chi connectivity index (χ1v) is 6.63. The molecule has 19 heavy (non-hydrogen) atoms. The molecule has 1 N–H and O–H groups in total. The third-order valence-corrected chi connectivity index (χ3v) is 3.76. The number of hydrogen-bond acceptors (Lipinski definition) is 2. The molecule has 0 radical (unpaired) electrons. The minimum absolute atomic E-state index is 0.142. The van der Waals surface area contributed by atoms with E-state index >= 15 is 0 Å². The summed E-state index contributed by atoms with van der Waals surface area (Å²) in [6.07, 6.45) is 1.89. The molecule has 1 heterocycles. The third kappa shape index (κ3) is 2.32. The molecule has 0 saturated carbocycles. The van der Waals surface area contributed by atoms with Gasteiger partial charge in [-0.25, -0.2) is 0 Å². The van der Waals surface area contributed by atoms with Gasteiger partial charge in [0.1, 0.15) is 6.29 Å². The first kappa shape index (κ1) is 12.1. The van der Waals surface area contributed by atoms with Gasteiger partial charge in [0.05, 0.1) is 6.04 Å². The maximum absolute atomic E-state index is 11.2. The van der Waals surface area contributed by atoms with E-state index in [-0.39, 0.29) is 6.04 Å². The van der Waals surface area contributed by atoms with Gasteiger partial charge in [0.15, 0.2) is 0 Å². The van der Waals surface area contributed by atoms with Crippen molar-refractivity contribution in [1.29, 1.82) is 0 Å². The number of carbonyl (C=O) groups is 1. The second-order valence-electron chi connectivity index (χ2n) is 5.15. The van der Waals surface area contributed by atoms with Crippen LogP contribution in [0.15, 0.2) is 42.5 Å². The van der Waals surface area contributed by atoms with Gasteiger partial charge in [-0.1, -0.05) is 48.0 Å². The molecular weight excluding hydrogens is 234 g/mol. The lowest BCUT2D eigenvalue weighted by molar-refractivity contribution is -0.109. The molecule has 0 aliphatic carbocycles. The Hall–Kier alpha value is -1.93. The smallest absolute Gasteiger partial charge is 0.141 e. The van der Waals surface area contributed by atoms with Gasteiger partial charge >= 0.3 is 0 Å². The Balaban J connectivity index is 1.96. The largest absolute Gasteiger partial charge is 0.301 e. The van der Waals surface area contributed by atoms with E-state index in [0.717, 1.165) is 19.3 Å². The van der Waals surface area contributed by atoms with Crippen LogP contribution in [0.4, 0.5) is 0 Å². The lowest BCUT2D eigenvalue weighted by Crippen LogP contribution is -2.14. The number of rotatable bonds is 3. The molecule has 0 aromatic heterocycles. The van der Waals surface area contributed by atoms with Crippen LogP contribution in [-0.2, 0) is 17.8 Å². The minimum atomic E-state index is -0.142. The van der Waals surface area contributed by atoms with Gasteiger partial charge < -0.3 is 4.79 Å². The van der Waals surface area contributed by atoms with E-state index in [1.807, 2.05) is 0 Å². The Bertz CT molecular complexity index is 601. The first-order valence-electron chi connectivity index (χ1n) is 6.63. The van der Waals surface area contributed by atoms with Crippen LogP contribution >= 0.6 is 0 Å². The van der Waals surface area contributed by atoms with Crippen LogP contribution in [-0.4, -0.2) is 6.29 Å². The molecule has 1 unspecified atom stereocenters. The van der Waals surface area contributed by atoms with Crippen LogP contribution in [0.2, 0.25) is 0 Å². The van der Waals surface area contributed by atoms with E-state index in [1.54, 1.807) is 0 Å². The number of nitrogens with one attached hydrogen (secondary N) is 1. The van der Waals surface area contributed by atoms with Crippen LogP contribution < -0.4 is 5.32 Å². The Morgan fingerprint density at radius 2 is 2.00 bits per heavy atom. The number of hydrogen-bond donors (Lipinski definition) is 1. The van der Waals surface area contributed by atoms with Crippen molar-refractivity contribution in [2.75, 3.05) is 0 Å². The van der Waals surface area contributed by atoms with Gasteiger partial charge in [-0.3, -0.25) is 5.32 Å². The molecule has 2 nitrogen and oxygen atoms in total. The van der Waals surface area contributed by atoms with Crippen LogP contribution in [0.5, 0.6) is 0 Å². The molecule has 0 spiro atoms. The fraction of sp³-hybridized carbons (Fsp3) is 0.235. The topological polar surface area (TPSA) is 29.1 Å². The Morgan fingerprint density at radius 1 is 1.21 bits per heavy atom. The quantitative estimate of drug-likeness (QED) is 0.850.